The molecule has 0 saturated heterocycles. The van der Waals surface area contributed by atoms with Crippen molar-refractivity contribution in [3.05, 3.63) is 35.6 Å². The van der Waals surface area contributed by atoms with Gasteiger partial charge in [-0.1, -0.05) is 26.0 Å². The lowest BCUT2D eigenvalue weighted by Crippen LogP contribution is -2.36. The monoisotopic (exact) mass is 252 g/mol. The number of amides is 1. The third-order valence-electron chi connectivity index (χ3n) is 2.77. The van der Waals surface area contributed by atoms with Crippen molar-refractivity contribution in [3.63, 3.8) is 0 Å². The summed E-state index contributed by atoms with van der Waals surface area (Å²) in [6.07, 6.45) is 0.918. The molecule has 18 heavy (non-hydrogen) atoms. The number of hydrogen-bond donors (Lipinski definition) is 1. The van der Waals surface area contributed by atoms with E-state index in [0.717, 1.165) is 12.0 Å². The Balaban J connectivity index is 2.68. The van der Waals surface area contributed by atoms with Crippen molar-refractivity contribution in [2.75, 3.05) is 13.1 Å². The van der Waals surface area contributed by atoms with Crippen molar-refractivity contribution in [2.45, 2.75) is 26.8 Å². The van der Waals surface area contributed by atoms with Crippen LogP contribution in [0.2, 0.25) is 0 Å². The molecule has 0 atom stereocenters. The molecule has 1 amide bonds. The minimum atomic E-state index is -0.281. The van der Waals surface area contributed by atoms with Crippen LogP contribution in [0.1, 0.15) is 25.8 Å². The quantitative estimate of drug-likeness (QED) is 0.843. The van der Waals surface area contributed by atoms with Gasteiger partial charge in [-0.05, 0) is 30.0 Å². The van der Waals surface area contributed by atoms with E-state index in [1.54, 1.807) is 11.0 Å². The number of nitrogens with two attached hydrogens (primary N) is 1. The van der Waals surface area contributed by atoms with Crippen molar-refractivity contribution >= 4 is 5.91 Å². The Morgan fingerprint density at radius 2 is 2.17 bits per heavy atom. The van der Waals surface area contributed by atoms with Crippen LogP contribution < -0.4 is 5.73 Å². The average Bonchev–Trinajstić information content (AvgIpc) is 2.33. The highest BCUT2D eigenvalue weighted by Gasteiger charge is 2.13. The molecule has 3 nitrogen and oxygen atoms in total. The average molecular weight is 252 g/mol. The summed E-state index contributed by atoms with van der Waals surface area (Å²) in [7, 11) is 0. The lowest BCUT2D eigenvalue weighted by Gasteiger charge is -2.23. The van der Waals surface area contributed by atoms with Crippen molar-refractivity contribution in [1.29, 1.82) is 0 Å². The lowest BCUT2D eigenvalue weighted by atomic mass is 10.1. The number of carbonyl (C=O) groups excluding carboxylic acids is 1. The molecule has 0 aliphatic rings. The molecule has 0 aliphatic carbocycles. The van der Waals surface area contributed by atoms with E-state index in [9.17, 15) is 9.18 Å². The topological polar surface area (TPSA) is 46.3 Å². The van der Waals surface area contributed by atoms with E-state index >= 15 is 0 Å². The van der Waals surface area contributed by atoms with Gasteiger partial charge in [-0.3, -0.25) is 4.79 Å². The van der Waals surface area contributed by atoms with Gasteiger partial charge in [0, 0.05) is 13.1 Å². The molecule has 1 rings (SSSR count). The molecule has 0 fully saturated rings. The largest absolute Gasteiger partial charge is 0.337 e. The second-order valence-electron chi connectivity index (χ2n) is 4.83. The zero-order chi connectivity index (χ0) is 13.5. The Hall–Kier alpha value is -1.42. The number of carbonyl (C=O) groups is 1. The fourth-order valence-corrected chi connectivity index (χ4v) is 1.69. The number of nitrogens with zero attached hydrogens (tertiary/aromatic N) is 1. The van der Waals surface area contributed by atoms with Gasteiger partial charge in [0.2, 0.25) is 5.91 Å². The van der Waals surface area contributed by atoms with Crippen LogP contribution in [-0.4, -0.2) is 23.9 Å². The zero-order valence-corrected chi connectivity index (χ0v) is 11.0. The molecule has 0 bridgehead atoms. The summed E-state index contributed by atoms with van der Waals surface area (Å²) < 4.78 is 13.1. The maximum absolute atomic E-state index is 13.1. The van der Waals surface area contributed by atoms with Crippen LogP contribution in [0, 0.1) is 11.7 Å². The fourth-order valence-electron chi connectivity index (χ4n) is 1.69. The van der Waals surface area contributed by atoms with E-state index in [1.807, 2.05) is 6.07 Å². The molecule has 1 aromatic carbocycles. The van der Waals surface area contributed by atoms with Crippen LogP contribution in [-0.2, 0) is 11.3 Å². The molecule has 0 aliphatic heterocycles. The number of benzene rings is 1. The van der Waals surface area contributed by atoms with E-state index in [0.29, 0.717) is 19.0 Å². The van der Waals surface area contributed by atoms with E-state index < -0.39 is 0 Å². The first-order valence-corrected chi connectivity index (χ1v) is 6.25. The summed E-state index contributed by atoms with van der Waals surface area (Å²) in [6, 6.07) is 6.31. The molecule has 0 unspecified atom stereocenters. The number of rotatable bonds is 6. The molecule has 0 heterocycles. The molecule has 0 radical (unpaired) electrons. The molecule has 0 saturated carbocycles. The van der Waals surface area contributed by atoms with Gasteiger partial charge in [-0.25, -0.2) is 4.39 Å². The second-order valence-corrected chi connectivity index (χ2v) is 4.83. The maximum Gasteiger partial charge on any atom is 0.236 e. The summed E-state index contributed by atoms with van der Waals surface area (Å²) in [5.41, 5.74) is 6.19. The highest BCUT2D eigenvalue weighted by atomic mass is 19.1. The number of hydrogen-bond acceptors (Lipinski definition) is 2. The van der Waals surface area contributed by atoms with Crippen molar-refractivity contribution in [3.8, 4) is 0 Å². The molecule has 2 N–H and O–H groups in total. The van der Waals surface area contributed by atoms with Gasteiger partial charge in [0.25, 0.3) is 0 Å². The van der Waals surface area contributed by atoms with Crippen LogP contribution in [0.5, 0.6) is 0 Å². The van der Waals surface area contributed by atoms with E-state index in [-0.39, 0.29) is 18.3 Å². The smallest absolute Gasteiger partial charge is 0.236 e. The van der Waals surface area contributed by atoms with E-state index in [1.165, 1.54) is 12.1 Å². The summed E-state index contributed by atoms with van der Waals surface area (Å²) >= 11 is 0. The third kappa shape index (κ3) is 4.84. The minimum absolute atomic E-state index is 0.00654. The Morgan fingerprint density at radius 3 is 2.72 bits per heavy atom. The van der Waals surface area contributed by atoms with Crippen LogP contribution >= 0.6 is 0 Å². The molecular weight excluding hydrogens is 231 g/mol. The van der Waals surface area contributed by atoms with Crippen LogP contribution in [0.4, 0.5) is 4.39 Å². The highest BCUT2D eigenvalue weighted by Crippen LogP contribution is 2.10. The Labute approximate surface area is 108 Å². The minimum Gasteiger partial charge on any atom is -0.337 e. The van der Waals surface area contributed by atoms with Crippen molar-refractivity contribution in [1.82, 2.24) is 4.90 Å². The molecule has 0 aromatic heterocycles. The van der Waals surface area contributed by atoms with Crippen molar-refractivity contribution < 1.29 is 9.18 Å². The first kappa shape index (κ1) is 14.6. The normalized spacial score (nSPS) is 10.7. The molecule has 4 heteroatoms. The standard InChI is InChI=1S/C14H21FN2O/c1-11(2)6-7-17(14(18)9-16)10-12-4-3-5-13(15)8-12/h3-5,8,11H,6-7,9-10,16H2,1-2H3. The Bertz CT molecular complexity index is 393. The second kappa shape index (κ2) is 7.11. The predicted octanol–water partition coefficient (Wildman–Crippen LogP) is 2.16. The molecule has 0 spiro atoms. The predicted molar refractivity (Wildman–Crippen MR) is 70.3 cm³/mol. The SMILES string of the molecule is CC(C)CCN(Cc1cccc(F)c1)C(=O)CN. The van der Waals surface area contributed by atoms with Gasteiger partial charge in [-0.2, -0.15) is 0 Å². The number of halogens is 1. The summed E-state index contributed by atoms with van der Waals surface area (Å²) in [6.45, 7) is 5.28. The first-order valence-electron chi connectivity index (χ1n) is 6.25. The summed E-state index contributed by atoms with van der Waals surface area (Å²) in [5.74, 6) is 0.141. The van der Waals surface area contributed by atoms with Gasteiger partial charge >= 0.3 is 0 Å². The third-order valence-corrected chi connectivity index (χ3v) is 2.77. The lowest BCUT2D eigenvalue weighted by molar-refractivity contribution is -0.130. The van der Waals surface area contributed by atoms with Gasteiger partial charge in [0.15, 0.2) is 0 Å². The van der Waals surface area contributed by atoms with E-state index in [4.69, 9.17) is 5.73 Å². The Morgan fingerprint density at radius 1 is 1.44 bits per heavy atom. The van der Waals surface area contributed by atoms with Crippen molar-refractivity contribution in [2.24, 2.45) is 11.7 Å². The Kier molecular flexibility index (Phi) is 5.78. The highest BCUT2D eigenvalue weighted by molar-refractivity contribution is 5.78. The van der Waals surface area contributed by atoms with Gasteiger partial charge in [-0.15, -0.1) is 0 Å². The van der Waals surface area contributed by atoms with Gasteiger partial charge in [0.05, 0.1) is 6.54 Å². The summed E-state index contributed by atoms with van der Waals surface area (Å²) in [5, 5.41) is 0. The maximum atomic E-state index is 13.1. The molecule has 1 aromatic rings. The molecular formula is C14H21FN2O. The van der Waals surface area contributed by atoms with Crippen LogP contribution in [0.25, 0.3) is 0 Å². The molecule has 100 valence electrons. The van der Waals surface area contributed by atoms with Gasteiger partial charge in [0.1, 0.15) is 5.82 Å². The van der Waals surface area contributed by atoms with Crippen LogP contribution in [0.15, 0.2) is 24.3 Å². The summed E-state index contributed by atoms with van der Waals surface area (Å²) in [4.78, 5) is 13.4. The van der Waals surface area contributed by atoms with Crippen LogP contribution in [0.3, 0.4) is 0 Å². The zero-order valence-electron chi connectivity index (χ0n) is 11.0. The van der Waals surface area contributed by atoms with E-state index in [2.05, 4.69) is 13.8 Å². The first-order chi connectivity index (χ1) is 8.52. The van der Waals surface area contributed by atoms with Gasteiger partial charge < -0.3 is 10.6 Å². The fraction of sp³-hybridized carbons (Fsp3) is 0.500.